The van der Waals surface area contributed by atoms with Gasteiger partial charge >= 0.3 is 0 Å². The largest absolute Gasteiger partial charge is 0.383 e. The molecule has 0 spiro atoms. The van der Waals surface area contributed by atoms with Crippen LogP contribution >= 0.6 is 0 Å². The van der Waals surface area contributed by atoms with Crippen molar-refractivity contribution < 1.29 is 4.74 Å². The van der Waals surface area contributed by atoms with Crippen molar-refractivity contribution >= 4 is 5.82 Å². The number of piperidine rings is 1. The smallest absolute Gasteiger partial charge is 0.128 e. The van der Waals surface area contributed by atoms with Crippen LogP contribution in [0.4, 0.5) is 5.82 Å². The Bertz CT molecular complexity index is 411. The average molecular weight is 291 g/mol. The Morgan fingerprint density at radius 2 is 2.10 bits per heavy atom. The molecule has 1 aliphatic heterocycles. The van der Waals surface area contributed by atoms with Crippen LogP contribution in [0.2, 0.25) is 0 Å². The second kappa shape index (κ2) is 7.76. The second-order valence-electron chi connectivity index (χ2n) is 6.35. The number of hydrogen-bond acceptors (Lipinski definition) is 4. The van der Waals surface area contributed by atoms with Crippen LogP contribution < -0.4 is 10.2 Å². The minimum atomic E-state index is 0.529. The predicted octanol–water partition coefficient (Wildman–Crippen LogP) is 2.83. The van der Waals surface area contributed by atoms with Gasteiger partial charge in [-0.05, 0) is 29.9 Å². The normalized spacial score (nSPS) is 18.0. The number of pyridine rings is 1. The molecule has 0 aromatic carbocycles. The molecule has 2 heterocycles. The van der Waals surface area contributed by atoms with Gasteiger partial charge < -0.3 is 15.0 Å². The van der Waals surface area contributed by atoms with Crippen LogP contribution in [0.3, 0.4) is 0 Å². The summed E-state index contributed by atoms with van der Waals surface area (Å²) in [5.41, 5.74) is 1.76. The Kier molecular flexibility index (Phi) is 6.00. The monoisotopic (exact) mass is 291 g/mol. The molecule has 0 atom stereocenters. The van der Waals surface area contributed by atoms with E-state index in [1.165, 1.54) is 24.8 Å². The zero-order valence-electron chi connectivity index (χ0n) is 13.7. The van der Waals surface area contributed by atoms with E-state index in [0.717, 1.165) is 38.6 Å². The van der Waals surface area contributed by atoms with Gasteiger partial charge in [-0.3, -0.25) is 0 Å². The van der Waals surface area contributed by atoms with Crippen LogP contribution in [0.25, 0.3) is 0 Å². The molecule has 0 amide bonds. The molecule has 2 rings (SSSR count). The van der Waals surface area contributed by atoms with Crippen molar-refractivity contribution in [2.45, 2.75) is 39.7 Å². The molecule has 1 saturated heterocycles. The van der Waals surface area contributed by atoms with Gasteiger partial charge in [0.25, 0.3) is 0 Å². The molecule has 1 aliphatic rings. The van der Waals surface area contributed by atoms with E-state index < -0.39 is 0 Å². The summed E-state index contributed by atoms with van der Waals surface area (Å²) < 4.78 is 5.02. The molecule has 0 saturated carbocycles. The highest BCUT2D eigenvalue weighted by Gasteiger charge is 2.28. The minimum absolute atomic E-state index is 0.529. The van der Waals surface area contributed by atoms with Crippen molar-refractivity contribution in [3.05, 3.63) is 23.9 Å². The number of aromatic nitrogens is 1. The van der Waals surface area contributed by atoms with E-state index in [1.807, 2.05) is 6.20 Å². The number of nitrogens with zero attached hydrogens (tertiary/aromatic N) is 2. The van der Waals surface area contributed by atoms with Gasteiger partial charge in [-0.25, -0.2) is 4.98 Å². The van der Waals surface area contributed by atoms with E-state index in [4.69, 9.17) is 4.74 Å². The standard InChI is InChI=1S/C17H29N3O/c1-4-17(2)7-10-20(11-8-17)16-6-5-15(14-19-16)13-18-9-12-21-3/h5-6,14,18H,4,7-13H2,1-3H3. The molecule has 0 bridgehead atoms. The zero-order chi connectivity index (χ0) is 15.1. The highest BCUT2D eigenvalue weighted by Crippen LogP contribution is 2.35. The number of rotatable bonds is 7. The van der Waals surface area contributed by atoms with Crippen molar-refractivity contribution in [3.63, 3.8) is 0 Å². The number of anilines is 1. The summed E-state index contributed by atoms with van der Waals surface area (Å²) in [5, 5.41) is 3.34. The summed E-state index contributed by atoms with van der Waals surface area (Å²) in [6, 6.07) is 4.33. The van der Waals surface area contributed by atoms with Crippen molar-refractivity contribution in [1.82, 2.24) is 10.3 Å². The minimum Gasteiger partial charge on any atom is -0.383 e. The van der Waals surface area contributed by atoms with E-state index in [0.29, 0.717) is 5.41 Å². The fourth-order valence-electron chi connectivity index (χ4n) is 2.74. The number of ether oxygens (including phenoxy) is 1. The average Bonchev–Trinajstić information content (AvgIpc) is 2.53. The molecule has 118 valence electrons. The number of nitrogens with one attached hydrogen (secondary N) is 1. The lowest BCUT2D eigenvalue weighted by Crippen LogP contribution is -2.38. The summed E-state index contributed by atoms with van der Waals surface area (Å²) in [6.45, 7) is 9.44. The van der Waals surface area contributed by atoms with Gasteiger partial charge in [0.05, 0.1) is 6.61 Å². The Morgan fingerprint density at radius 3 is 2.67 bits per heavy atom. The lowest BCUT2D eigenvalue weighted by molar-refractivity contribution is 0.199. The van der Waals surface area contributed by atoms with E-state index >= 15 is 0 Å². The molecule has 1 N–H and O–H groups in total. The molecule has 1 fully saturated rings. The lowest BCUT2D eigenvalue weighted by atomic mass is 9.78. The maximum atomic E-state index is 5.02. The molecule has 1 aromatic rings. The first-order valence-corrected chi connectivity index (χ1v) is 8.06. The third kappa shape index (κ3) is 4.68. The van der Waals surface area contributed by atoms with E-state index in [9.17, 15) is 0 Å². The molecule has 1 aromatic heterocycles. The molecule has 0 unspecified atom stereocenters. The van der Waals surface area contributed by atoms with Crippen LogP contribution in [-0.4, -0.2) is 38.3 Å². The maximum absolute atomic E-state index is 5.02. The van der Waals surface area contributed by atoms with Gasteiger partial charge in [0.15, 0.2) is 0 Å². The van der Waals surface area contributed by atoms with Crippen molar-refractivity contribution in [2.75, 3.05) is 38.3 Å². The first-order chi connectivity index (χ1) is 10.2. The molecular weight excluding hydrogens is 262 g/mol. The van der Waals surface area contributed by atoms with Gasteiger partial charge in [-0.2, -0.15) is 0 Å². The van der Waals surface area contributed by atoms with Crippen molar-refractivity contribution in [3.8, 4) is 0 Å². The Balaban J connectivity index is 1.82. The van der Waals surface area contributed by atoms with Gasteiger partial charge in [-0.15, -0.1) is 0 Å². The molecule has 0 aliphatic carbocycles. The van der Waals surface area contributed by atoms with Crippen LogP contribution in [0.5, 0.6) is 0 Å². The fourth-order valence-corrected chi connectivity index (χ4v) is 2.74. The quantitative estimate of drug-likeness (QED) is 0.784. The molecule has 21 heavy (non-hydrogen) atoms. The maximum Gasteiger partial charge on any atom is 0.128 e. The SMILES string of the molecule is CCC1(C)CCN(c2ccc(CNCCOC)cn2)CC1. The van der Waals surface area contributed by atoms with Crippen molar-refractivity contribution in [1.29, 1.82) is 0 Å². The van der Waals surface area contributed by atoms with Crippen LogP contribution in [0.1, 0.15) is 38.7 Å². The number of hydrogen-bond donors (Lipinski definition) is 1. The Labute approximate surface area is 128 Å². The van der Waals surface area contributed by atoms with Crippen LogP contribution in [0, 0.1) is 5.41 Å². The Hall–Kier alpha value is -1.13. The zero-order valence-corrected chi connectivity index (χ0v) is 13.7. The summed E-state index contributed by atoms with van der Waals surface area (Å²) in [4.78, 5) is 7.05. The van der Waals surface area contributed by atoms with E-state index in [2.05, 4.69) is 41.2 Å². The first-order valence-electron chi connectivity index (χ1n) is 8.06. The van der Waals surface area contributed by atoms with Crippen molar-refractivity contribution in [2.24, 2.45) is 5.41 Å². The lowest BCUT2D eigenvalue weighted by Gasteiger charge is -2.39. The summed E-state index contributed by atoms with van der Waals surface area (Å²) in [6.07, 6.45) is 5.81. The Morgan fingerprint density at radius 1 is 1.33 bits per heavy atom. The van der Waals surface area contributed by atoms with Gasteiger partial charge in [0, 0.05) is 39.5 Å². The van der Waals surface area contributed by atoms with E-state index in [-0.39, 0.29) is 0 Å². The molecule has 4 nitrogen and oxygen atoms in total. The molecule has 0 radical (unpaired) electrons. The topological polar surface area (TPSA) is 37.4 Å². The first kappa shape index (κ1) is 16.2. The van der Waals surface area contributed by atoms with Crippen LogP contribution in [-0.2, 0) is 11.3 Å². The number of methoxy groups -OCH3 is 1. The van der Waals surface area contributed by atoms with Gasteiger partial charge in [0.2, 0.25) is 0 Å². The highest BCUT2D eigenvalue weighted by atomic mass is 16.5. The summed E-state index contributed by atoms with van der Waals surface area (Å²) in [7, 11) is 1.72. The molecule has 4 heteroatoms. The summed E-state index contributed by atoms with van der Waals surface area (Å²) in [5.74, 6) is 1.12. The highest BCUT2D eigenvalue weighted by molar-refractivity contribution is 5.39. The third-order valence-electron chi connectivity index (χ3n) is 4.77. The molecular formula is C17H29N3O. The van der Waals surface area contributed by atoms with Crippen LogP contribution in [0.15, 0.2) is 18.3 Å². The second-order valence-corrected chi connectivity index (χ2v) is 6.35. The van der Waals surface area contributed by atoms with Gasteiger partial charge in [0.1, 0.15) is 5.82 Å². The van der Waals surface area contributed by atoms with E-state index in [1.54, 1.807) is 7.11 Å². The third-order valence-corrected chi connectivity index (χ3v) is 4.77. The summed E-state index contributed by atoms with van der Waals surface area (Å²) >= 11 is 0. The van der Waals surface area contributed by atoms with Gasteiger partial charge in [-0.1, -0.05) is 26.3 Å². The fraction of sp³-hybridized carbons (Fsp3) is 0.706. The predicted molar refractivity (Wildman–Crippen MR) is 87.7 cm³/mol.